The van der Waals surface area contributed by atoms with Crippen LogP contribution in [0.1, 0.15) is 39.0 Å². The van der Waals surface area contributed by atoms with E-state index in [1.807, 2.05) is 0 Å². The molecule has 0 spiro atoms. The maximum Gasteiger partial charge on any atom is 0.255 e. The van der Waals surface area contributed by atoms with Crippen LogP contribution in [0.4, 0.5) is 0 Å². The van der Waals surface area contributed by atoms with Crippen molar-refractivity contribution in [2.45, 2.75) is 45.1 Å². The third-order valence-electron chi connectivity index (χ3n) is 4.51. The number of rotatable bonds is 11. The third-order valence-corrected chi connectivity index (χ3v) is 8.80. The largest absolute Gasteiger partial charge is 0.408 e. The van der Waals surface area contributed by atoms with Gasteiger partial charge in [0, 0.05) is 13.2 Å². The smallest absolute Gasteiger partial charge is 0.255 e. The van der Waals surface area contributed by atoms with Crippen LogP contribution in [0, 0.1) is 0 Å². The van der Waals surface area contributed by atoms with E-state index in [0.717, 1.165) is 31.9 Å². The maximum absolute atomic E-state index is 8.97. The van der Waals surface area contributed by atoms with Crippen LogP contribution in [0.5, 0.6) is 0 Å². The molecule has 0 aromatic heterocycles. The summed E-state index contributed by atoms with van der Waals surface area (Å²) in [6, 6.07) is 22.7. The third kappa shape index (κ3) is 5.03. The lowest BCUT2D eigenvalue weighted by atomic mass is 10.2. The Kier molecular flexibility index (Phi) is 8.23. The fourth-order valence-electron chi connectivity index (χ4n) is 3.17. The van der Waals surface area contributed by atoms with E-state index < -0.39 is 8.32 Å². The number of unbranched alkanes of at least 4 members (excludes halogenated alkanes) is 3. The molecular weight excluding hydrogens is 312 g/mol. The van der Waals surface area contributed by atoms with Gasteiger partial charge in [0.05, 0.1) is 0 Å². The van der Waals surface area contributed by atoms with Crippen molar-refractivity contribution in [1.82, 2.24) is 0 Å². The molecule has 0 amide bonds. The van der Waals surface area contributed by atoms with Crippen molar-refractivity contribution >= 4 is 18.7 Å². The first-order chi connectivity index (χ1) is 11.8. The Hall–Kier alpha value is -1.42. The molecule has 0 aliphatic carbocycles. The molecule has 0 heterocycles. The highest BCUT2D eigenvalue weighted by Gasteiger charge is 2.38. The summed E-state index contributed by atoms with van der Waals surface area (Å²) in [5, 5.41) is 11.7. The predicted octanol–water partition coefficient (Wildman–Crippen LogP) is 3.73. The fourth-order valence-corrected chi connectivity index (χ4v) is 7.37. The first-order valence-corrected chi connectivity index (χ1v) is 11.3. The number of aliphatic hydroxyl groups excluding tert-OH is 1. The molecule has 0 aliphatic rings. The second kappa shape index (κ2) is 10.4. The number of hydrogen-bond acceptors (Lipinski definition) is 2. The first kappa shape index (κ1) is 18.9. The van der Waals surface area contributed by atoms with Gasteiger partial charge in [-0.05, 0) is 35.7 Å². The molecule has 0 bridgehead atoms. The van der Waals surface area contributed by atoms with E-state index in [9.17, 15) is 0 Å². The first-order valence-electron chi connectivity index (χ1n) is 9.19. The van der Waals surface area contributed by atoms with Gasteiger partial charge in [0.2, 0.25) is 0 Å². The van der Waals surface area contributed by atoms with E-state index in [4.69, 9.17) is 9.53 Å². The van der Waals surface area contributed by atoms with Crippen LogP contribution in [0.3, 0.4) is 0 Å². The van der Waals surface area contributed by atoms with E-state index in [1.165, 1.54) is 23.2 Å². The van der Waals surface area contributed by atoms with Gasteiger partial charge in [0.1, 0.15) is 0 Å². The summed E-state index contributed by atoms with van der Waals surface area (Å²) in [5.74, 6) is 0. The molecule has 24 heavy (non-hydrogen) atoms. The van der Waals surface area contributed by atoms with Gasteiger partial charge in [0.25, 0.3) is 8.32 Å². The molecule has 1 N–H and O–H groups in total. The minimum atomic E-state index is -2.19. The van der Waals surface area contributed by atoms with Gasteiger partial charge >= 0.3 is 0 Å². The molecular formula is C21H30O2Si. The molecule has 2 aromatic rings. The molecule has 0 radical (unpaired) electrons. The van der Waals surface area contributed by atoms with Crippen LogP contribution in [0.25, 0.3) is 0 Å². The van der Waals surface area contributed by atoms with Gasteiger partial charge in [0.15, 0.2) is 0 Å². The van der Waals surface area contributed by atoms with Crippen LogP contribution in [-0.2, 0) is 4.43 Å². The summed E-state index contributed by atoms with van der Waals surface area (Å²) < 4.78 is 6.71. The highest BCUT2D eigenvalue weighted by molar-refractivity contribution is 6.97. The quantitative estimate of drug-likeness (QED) is 0.498. The zero-order valence-corrected chi connectivity index (χ0v) is 15.8. The van der Waals surface area contributed by atoms with E-state index in [2.05, 4.69) is 67.6 Å². The van der Waals surface area contributed by atoms with Crippen LogP contribution >= 0.6 is 0 Å². The Morgan fingerprint density at radius 1 is 0.792 bits per heavy atom. The number of benzene rings is 2. The molecule has 3 heteroatoms. The molecule has 2 rings (SSSR count). The standard InChI is InChI=1S/C21H30O2Si/c1-2-3-19-24(20-13-7-4-8-14-20,21-15-9-5-10-16-21)23-18-12-6-11-17-22/h4-5,7-10,13-16,22H,2-3,6,11-12,17-19H2,1H3. The molecule has 130 valence electrons. The van der Waals surface area contributed by atoms with Gasteiger partial charge < -0.3 is 9.53 Å². The molecule has 0 atom stereocenters. The van der Waals surface area contributed by atoms with E-state index >= 15 is 0 Å². The highest BCUT2D eigenvalue weighted by atomic mass is 28.4. The van der Waals surface area contributed by atoms with Crippen LogP contribution < -0.4 is 10.4 Å². The SMILES string of the molecule is CCCC[Si](OCCCCCO)(c1ccccc1)c1ccccc1. The van der Waals surface area contributed by atoms with Crippen molar-refractivity contribution in [1.29, 1.82) is 0 Å². The van der Waals surface area contributed by atoms with Crippen molar-refractivity contribution in [3.8, 4) is 0 Å². The van der Waals surface area contributed by atoms with Gasteiger partial charge in [-0.2, -0.15) is 0 Å². The Labute approximate surface area is 147 Å². The van der Waals surface area contributed by atoms with Gasteiger partial charge in [-0.15, -0.1) is 0 Å². The van der Waals surface area contributed by atoms with Gasteiger partial charge in [-0.25, -0.2) is 0 Å². The highest BCUT2D eigenvalue weighted by Crippen LogP contribution is 2.18. The maximum atomic E-state index is 8.97. The minimum Gasteiger partial charge on any atom is -0.408 e. The molecule has 2 aromatic carbocycles. The van der Waals surface area contributed by atoms with Crippen molar-refractivity contribution < 1.29 is 9.53 Å². The van der Waals surface area contributed by atoms with E-state index in [-0.39, 0.29) is 6.61 Å². The lowest BCUT2D eigenvalue weighted by Gasteiger charge is -2.32. The number of aliphatic hydroxyl groups is 1. The summed E-state index contributed by atoms with van der Waals surface area (Å²) >= 11 is 0. The summed E-state index contributed by atoms with van der Waals surface area (Å²) in [6.45, 7) is 3.30. The lowest BCUT2D eigenvalue weighted by molar-refractivity contribution is 0.265. The lowest BCUT2D eigenvalue weighted by Crippen LogP contribution is -2.60. The zero-order valence-electron chi connectivity index (χ0n) is 14.8. The fraction of sp³-hybridized carbons (Fsp3) is 0.429. The average molecular weight is 343 g/mol. The van der Waals surface area contributed by atoms with Crippen LogP contribution in [0.15, 0.2) is 60.7 Å². The molecule has 0 aliphatic heterocycles. The summed E-state index contributed by atoms with van der Waals surface area (Å²) in [4.78, 5) is 0. The Bertz CT molecular complexity index is 517. The van der Waals surface area contributed by atoms with Crippen molar-refractivity contribution in [3.63, 3.8) is 0 Å². The summed E-state index contributed by atoms with van der Waals surface area (Å²) in [5.41, 5.74) is 0. The van der Waals surface area contributed by atoms with E-state index in [0.29, 0.717) is 0 Å². The second-order valence-electron chi connectivity index (χ2n) is 6.30. The monoisotopic (exact) mass is 342 g/mol. The molecule has 2 nitrogen and oxygen atoms in total. The van der Waals surface area contributed by atoms with Crippen LogP contribution in [0.2, 0.25) is 6.04 Å². The van der Waals surface area contributed by atoms with Crippen molar-refractivity contribution in [3.05, 3.63) is 60.7 Å². The minimum absolute atomic E-state index is 0.274. The molecule has 0 saturated carbocycles. The molecule has 0 fully saturated rings. The van der Waals surface area contributed by atoms with Gasteiger partial charge in [-0.3, -0.25) is 0 Å². The van der Waals surface area contributed by atoms with E-state index in [1.54, 1.807) is 0 Å². The Morgan fingerprint density at radius 2 is 1.38 bits per heavy atom. The Morgan fingerprint density at radius 3 is 1.88 bits per heavy atom. The van der Waals surface area contributed by atoms with Crippen molar-refractivity contribution in [2.75, 3.05) is 13.2 Å². The summed E-state index contributed by atoms with van der Waals surface area (Å²) in [6.07, 6.45) is 5.28. The normalized spacial score (nSPS) is 11.6. The van der Waals surface area contributed by atoms with Crippen LogP contribution in [-0.4, -0.2) is 26.6 Å². The van der Waals surface area contributed by atoms with Crippen molar-refractivity contribution in [2.24, 2.45) is 0 Å². The van der Waals surface area contributed by atoms with Gasteiger partial charge in [-0.1, -0.05) is 80.4 Å². The zero-order chi connectivity index (χ0) is 17.1. The summed E-state index contributed by atoms with van der Waals surface area (Å²) in [7, 11) is -2.19. The predicted molar refractivity (Wildman–Crippen MR) is 105 cm³/mol. The average Bonchev–Trinajstić information content (AvgIpc) is 2.66. The topological polar surface area (TPSA) is 29.5 Å². The number of hydrogen-bond donors (Lipinski definition) is 1. The molecule has 0 saturated heterocycles. The molecule has 0 unspecified atom stereocenters. The Balaban J connectivity index is 2.29. The second-order valence-corrected chi connectivity index (χ2v) is 9.89.